The van der Waals surface area contributed by atoms with Gasteiger partial charge in [-0.15, -0.1) is 0 Å². The van der Waals surface area contributed by atoms with Crippen LogP contribution in [-0.2, 0) is 9.59 Å². The van der Waals surface area contributed by atoms with Crippen molar-refractivity contribution >= 4 is 11.8 Å². The van der Waals surface area contributed by atoms with E-state index in [0.717, 1.165) is 0 Å². The number of rotatable bonds is 2. The molecule has 1 aliphatic carbocycles. The molecule has 0 aromatic rings. The number of carbonyl (C=O) groups is 2. The van der Waals surface area contributed by atoms with Crippen molar-refractivity contribution in [2.24, 2.45) is 0 Å². The van der Waals surface area contributed by atoms with E-state index in [0.29, 0.717) is 12.8 Å². The van der Waals surface area contributed by atoms with Crippen molar-refractivity contribution < 1.29 is 18.4 Å². The molecule has 0 aromatic heterocycles. The van der Waals surface area contributed by atoms with Gasteiger partial charge in [-0.1, -0.05) is 0 Å². The maximum atomic E-state index is 13.6. The Balaban J connectivity index is 2.01. The summed E-state index contributed by atoms with van der Waals surface area (Å²) in [5.74, 6) is -3.57. The molecular formula is C11H16F2N2O2. The van der Waals surface area contributed by atoms with E-state index in [4.69, 9.17) is 0 Å². The summed E-state index contributed by atoms with van der Waals surface area (Å²) in [6.45, 7) is 1.37. The van der Waals surface area contributed by atoms with E-state index in [9.17, 15) is 18.4 Å². The molecule has 1 saturated carbocycles. The highest BCUT2D eigenvalue weighted by molar-refractivity contribution is 5.91. The molecule has 2 rings (SSSR count). The number of alkyl halides is 2. The summed E-state index contributed by atoms with van der Waals surface area (Å²) in [5, 5.41) is 4.88. The molecule has 96 valence electrons. The van der Waals surface area contributed by atoms with Crippen LogP contribution in [0.2, 0.25) is 0 Å². The predicted octanol–water partition coefficient (Wildman–Crippen LogP) is 0.959. The van der Waals surface area contributed by atoms with E-state index >= 15 is 0 Å². The lowest BCUT2D eigenvalue weighted by Gasteiger charge is -2.33. The van der Waals surface area contributed by atoms with Gasteiger partial charge < -0.3 is 10.6 Å². The third kappa shape index (κ3) is 2.12. The Hall–Kier alpha value is -1.20. The van der Waals surface area contributed by atoms with Crippen LogP contribution in [0, 0.1) is 0 Å². The minimum atomic E-state index is -2.87. The Labute approximate surface area is 98.1 Å². The Morgan fingerprint density at radius 1 is 1.47 bits per heavy atom. The molecule has 0 spiro atoms. The maximum absolute atomic E-state index is 13.6. The number of hydrogen-bond donors (Lipinski definition) is 2. The number of nitrogens with one attached hydrogen (secondary N) is 2. The zero-order valence-electron chi connectivity index (χ0n) is 9.69. The smallest absolute Gasteiger partial charge is 0.270 e. The Morgan fingerprint density at radius 2 is 2.18 bits per heavy atom. The van der Waals surface area contributed by atoms with Crippen molar-refractivity contribution in [2.45, 2.75) is 56.5 Å². The van der Waals surface area contributed by atoms with Crippen molar-refractivity contribution in [3.8, 4) is 0 Å². The van der Waals surface area contributed by atoms with E-state index in [1.54, 1.807) is 0 Å². The number of amides is 2. The van der Waals surface area contributed by atoms with Gasteiger partial charge in [-0.25, -0.2) is 8.78 Å². The number of halogens is 2. The maximum Gasteiger partial charge on any atom is 0.270 e. The van der Waals surface area contributed by atoms with Crippen molar-refractivity contribution in [2.75, 3.05) is 0 Å². The van der Waals surface area contributed by atoms with Crippen LogP contribution in [-0.4, -0.2) is 29.3 Å². The van der Waals surface area contributed by atoms with Crippen LogP contribution in [0.3, 0.4) is 0 Å². The summed E-state index contributed by atoms with van der Waals surface area (Å²) < 4.78 is 27.2. The molecule has 2 amide bonds. The van der Waals surface area contributed by atoms with E-state index in [-0.39, 0.29) is 25.2 Å². The minimum absolute atomic E-state index is 0.194. The van der Waals surface area contributed by atoms with Gasteiger partial charge in [0.25, 0.3) is 5.92 Å². The summed E-state index contributed by atoms with van der Waals surface area (Å²) in [6, 6.07) is -0.657. The average molecular weight is 246 g/mol. The van der Waals surface area contributed by atoms with Gasteiger partial charge in [-0.2, -0.15) is 0 Å². The van der Waals surface area contributed by atoms with Gasteiger partial charge in [0.15, 0.2) is 0 Å². The van der Waals surface area contributed by atoms with Gasteiger partial charge in [0.1, 0.15) is 11.6 Å². The molecule has 4 nitrogen and oxygen atoms in total. The molecule has 0 radical (unpaired) electrons. The third-order valence-electron chi connectivity index (χ3n) is 3.69. The van der Waals surface area contributed by atoms with Crippen LogP contribution >= 0.6 is 0 Å². The molecule has 17 heavy (non-hydrogen) atoms. The zero-order valence-corrected chi connectivity index (χ0v) is 9.69. The highest BCUT2D eigenvalue weighted by Crippen LogP contribution is 2.43. The van der Waals surface area contributed by atoms with E-state index < -0.39 is 23.4 Å². The standard InChI is InChI=1S/C11H16F2N2O2/c1-10(5-2-6-11(10,12)13)15-9(17)7-3-4-8(16)14-7/h7H,2-6H2,1H3,(H,14,16)(H,15,17). The quantitative estimate of drug-likeness (QED) is 0.762. The Morgan fingerprint density at radius 3 is 2.65 bits per heavy atom. The Kier molecular flexibility index (Phi) is 2.83. The number of hydrogen-bond acceptors (Lipinski definition) is 2. The fourth-order valence-corrected chi connectivity index (χ4v) is 2.45. The molecule has 2 aliphatic rings. The first-order chi connectivity index (χ1) is 7.84. The van der Waals surface area contributed by atoms with Crippen LogP contribution in [0.15, 0.2) is 0 Å². The summed E-state index contributed by atoms with van der Waals surface area (Å²) in [7, 11) is 0. The lowest BCUT2D eigenvalue weighted by Crippen LogP contribution is -2.58. The molecule has 1 aliphatic heterocycles. The topological polar surface area (TPSA) is 58.2 Å². The van der Waals surface area contributed by atoms with E-state index in [1.807, 2.05) is 0 Å². The van der Waals surface area contributed by atoms with Crippen LogP contribution in [0.4, 0.5) is 8.78 Å². The second-order valence-corrected chi connectivity index (χ2v) is 5.04. The lowest BCUT2D eigenvalue weighted by atomic mass is 9.96. The normalized spacial score (nSPS) is 35.7. The van der Waals surface area contributed by atoms with Gasteiger partial charge in [0.2, 0.25) is 11.8 Å². The van der Waals surface area contributed by atoms with Gasteiger partial charge in [0, 0.05) is 12.8 Å². The summed E-state index contributed by atoms with van der Waals surface area (Å²) in [6.07, 6.45) is 1.14. The van der Waals surface area contributed by atoms with E-state index in [2.05, 4.69) is 10.6 Å². The zero-order chi connectivity index (χ0) is 12.7. The van der Waals surface area contributed by atoms with Crippen LogP contribution in [0.1, 0.15) is 39.0 Å². The molecule has 2 N–H and O–H groups in total. The molecular weight excluding hydrogens is 230 g/mol. The molecule has 0 bridgehead atoms. The molecule has 2 unspecified atom stereocenters. The largest absolute Gasteiger partial charge is 0.344 e. The fourth-order valence-electron chi connectivity index (χ4n) is 2.45. The first-order valence-electron chi connectivity index (χ1n) is 5.83. The van der Waals surface area contributed by atoms with E-state index in [1.165, 1.54) is 6.92 Å². The second-order valence-electron chi connectivity index (χ2n) is 5.04. The molecule has 2 atom stereocenters. The first kappa shape index (κ1) is 12.3. The SMILES string of the molecule is CC1(NC(=O)C2CCC(=O)N2)CCCC1(F)F. The first-order valence-corrected chi connectivity index (χ1v) is 5.83. The third-order valence-corrected chi connectivity index (χ3v) is 3.69. The van der Waals surface area contributed by atoms with Gasteiger partial charge >= 0.3 is 0 Å². The molecule has 2 fully saturated rings. The number of carbonyl (C=O) groups excluding carboxylic acids is 2. The monoisotopic (exact) mass is 246 g/mol. The van der Waals surface area contributed by atoms with Crippen molar-refractivity contribution in [1.29, 1.82) is 0 Å². The van der Waals surface area contributed by atoms with Crippen molar-refractivity contribution in [3.63, 3.8) is 0 Å². The van der Waals surface area contributed by atoms with Gasteiger partial charge in [-0.3, -0.25) is 9.59 Å². The Bertz CT molecular complexity index is 359. The second kappa shape index (κ2) is 3.92. The highest BCUT2D eigenvalue weighted by atomic mass is 19.3. The summed E-state index contributed by atoms with van der Waals surface area (Å²) in [4.78, 5) is 22.7. The van der Waals surface area contributed by atoms with Crippen molar-refractivity contribution in [3.05, 3.63) is 0 Å². The van der Waals surface area contributed by atoms with Gasteiger partial charge in [0.05, 0.1) is 0 Å². The average Bonchev–Trinajstić information content (AvgIpc) is 2.73. The van der Waals surface area contributed by atoms with Gasteiger partial charge in [-0.05, 0) is 26.2 Å². The van der Waals surface area contributed by atoms with Crippen LogP contribution in [0.25, 0.3) is 0 Å². The summed E-state index contributed by atoms with van der Waals surface area (Å²) >= 11 is 0. The molecule has 6 heteroatoms. The molecule has 0 aromatic carbocycles. The van der Waals surface area contributed by atoms with Crippen LogP contribution < -0.4 is 10.6 Å². The molecule has 1 saturated heterocycles. The predicted molar refractivity (Wildman–Crippen MR) is 56.5 cm³/mol. The highest BCUT2D eigenvalue weighted by Gasteiger charge is 2.55. The molecule has 1 heterocycles. The fraction of sp³-hybridized carbons (Fsp3) is 0.818. The van der Waals surface area contributed by atoms with Crippen LogP contribution in [0.5, 0.6) is 0 Å². The lowest BCUT2D eigenvalue weighted by molar-refractivity contribution is -0.132. The summed E-state index contributed by atoms with van der Waals surface area (Å²) in [5.41, 5.74) is -1.47. The van der Waals surface area contributed by atoms with Crippen molar-refractivity contribution in [1.82, 2.24) is 10.6 Å². The minimum Gasteiger partial charge on any atom is -0.344 e.